The van der Waals surface area contributed by atoms with Crippen LogP contribution >= 0.6 is 0 Å². The highest BCUT2D eigenvalue weighted by atomic mass is 16.6. The maximum atomic E-state index is 12.3. The van der Waals surface area contributed by atoms with Gasteiger partial charge in [0, 0.05) is 17.7 Å². The smallest absolute Gasteiger partial charge is 0.345 e. The summed E-state index contributed by atoms with van der Waals surface area (Å²) in [5.74, 6) is 0.286. The van der Waals surface area contributed by atoms with E-state index in [-0.39, 0.29) is 22.9 Å². The van der Waals surface area contributed by atoms with Crippen LogP contribution in [0, 0.1) is 10.1 Å². The Kier molecular flexibility index (Phi) is 6.06. The third-order valence-corrected chi connectivity index (χ3v) is 4.13. The quantitative estimate of drug-likeness (QED) is 0.327. The van der Waals surface area contributed by atoms with Crippen molar-refractivity contribution in [1.29, 1.82) is 0 Å². The van der Waals surface area contributed by atoms with E-state index in [1.807, 2.05) is 0 Å². The highest BCUT2D eigenvalue weighted by molar-refractivity contribution is 5.92. The first-order valence-electron chi connectivity index (χ1n) is 8.57. The van der Waals surface area contributed by atoms with Crippen molar-refractivity contribution >= 4 is 11.7 Å². The zero-order valence-corrected chi connectivity index (χ0v) is 16.3. The van der Waals surface area contributed by atoms with Crippen LogP contribution in [0.2, 0.25) is 0 Å². The number of rotatable bonds is 7. The molecule has 0 aliphatic carbocycles. The molecule has 0 N–H and O–H groups in total. The highest BCUT2D eigenvalue weighted by Crippen LogP contribution is 2.32. The van der Waals surface area contributed by atoms with Gasteiger partial charge in [0.1, 0.15) is 0 Å². The molecule has 1 aromatic heterocycles. The summed E-state index contributed by atoms with van der Waals surface area (Å²) >= 11 is 0. The molecule has 0 atom stereocenters. The first-order chi connectivity index (χ1) is 14.5. The van der Waals surface area contributed by atoms with E-state index in [1.54, 1.807) is 24.3 Å². The van der Waals surface area contributed by atoms with Crippen LogP contribution in [0.25, 0.3) is 11.3 Å². The zero-order valence-electron chi connectivity index (χ0n) is 16.3. The maximum absolute atomic E-state index is 12.3. The minimum atomic E-state index is -0.811. The summed E-state index contributed by atoms with van der Waals surface area (Å²) in [5.41, 5.74) is 0.884. The Bertz CT molecular complexity index is 1080. The summed E-state index contributed by atoms with van der Waals surface area (Å²) in [4.78, 5) is 22.8. The Morgan fingerprint density at radius 2 is 1.57 bits per heavy atom. The molecule has 0 unspecified atom stereocenters. The van der Waals surface area contributed by atoms with Gasteiger partial charge in [-0.2, -0.15) is 0 Å². The predicted octanol–water partition coefficient (Wildman–Crippen LogP) is 3.30. The second-order valence-corrected chi connectivity index (χ2v) is 5.86. The third kappa shape index (κ3) is 4.27. The Hall–Kier alpha value is -4.21. The number of hydrogen-bond donors (Lipinski definition) is 0. The largest absolute Gasteiger partial charge is 0.493 e. The van der Waals surface area contributed by atoms with Crippen LogP contribution in [0.4, 0.5) is 5.69 Å². The highest BCUT2D eigenvalue weighted by Gasteiger charge is 2.20. The van der Waals surface area contributed by atoms with Crippen LogP contribution in [0.15, 0.2) is 48.5 Å². The number of benzene rings is 2. The van der Waals surface area contributed by atoms with Gasteiger partial charge in [-0.15, -0.1) is 10.2 Å². The Morgan fingerprint density at radius 1 is 0.867 bits per heavy atom. The van der Waals surface area contributed by atoms with Crippen LogP contribution in [-0.2, 0) is 0 Å². The molecule has 0 aliphatic rings. The SMILES string of the molecule is COc1ccc(-c2ccc(OC(=O)c3ccc(OC)c([N+](=O)[O-])c3)nn2)cc1OC. The van der Waals surface area contributed by atoms with Crippen molar-refractivity contribution < 1.29 is 28.7 Å². The monoisotopic (exact) mass is 411 g/mol. The Labute approximate surface area is 171 Å². The fourth-order valence-electron chi connectivity index (χ4n) is 2.64. The first-order valence-corrected chi connectivity index (χ1v) is 8.57. The fraction of sp³-hybridized carbons (Fsp3) is 0.150. The molecule has 0 spiro atoms. The van der Waals surface area contributed by atoms with E-state index in [4.69, 9.17) is 18.9 Å². The van der Waals surface area contributed by atoms with Crippen LogP contribution in [-0.4, -0.2) is 42.4 Å². The van der Waals surface area contributed by atoms with Crippen molar-refractivity contribution in [3.63, 3.8) is 0 Å². The average Bonchev–Trinajstić information content (AvgIpc) is 2.78. The molecule has 0 saturated heterocycles. The normalized spacial score (nSPS) is 10.2. The van der Waals surface area contributed by atoms with Gasteiger partial charge in [-0.1, -0.05) is 0 Å². The lowest BCUT2D eigenvalue weighted by atomic mass is 10.1. The Morgan fingerprint density at radius 3 is 2.17 bits per heavy atom. The lowest BCUT2D eigenvalue weighted by Crippen LogP contribution is -2.10. The van der Waals surface area contributed by atoms with E-state index in [1.165, 1.54) is 39.5 Å². The minimum absolute atomic E-state index is 0.0201. The van der Waals surface area contributed by atoms with Gasteiger partial charge < -0.3 is 18.9 Å². The van der Waals surface area contributed by atoms with Crippen LogP contribution in [0.1, 0.15) is 10.4 Å². The van der Waals surface area contributed by atoms with E-state index in [9.17, 15) is 14.9 Å². The molecule has 0 aliphatic heterocycles. The molecule has 3 rings (SSSR count). The number of carbonyl (C=O) groups excluding carboxylic acids is 1. The lowest BCUT2D eigenvalue weighted by Gasteiger charge is -2.09. The maximum Gasteiger partial charge on any atom is 0.345 e. The molecule has 1 heterocycles. The van der Waals surface area contributed by atoms with Crippen LogP contribution < -0.4 is 18.9 Å². The average molecular weight is 411 g/mol. The van der Waals surface area contributed by atoms with Gasteiger partial charge in [0.25, 0.3) is 0 Å². The summed E-state index contributed by atoms with van der Waals surface area (Å²) in [7, 11) is 4.37. The molecule has 10 nitrogen and oxygen atoms in total. The molecule has 0 saturated carbocycles. The van der Waals surface area contributed by atoms with E-state index in [0.717, 1.165) is 11.6 Å². The molecule has 2 aromatic carbocycles. The van der Waals surface area contributed by atoms with Gasteiger partial charge in [-0.05, 0) is 36.4 Å². The zero-order chi connectivity index (χ0) is 21.7. The van der Waals surface area contributed by atoms with E-state index in [2.05, 4.69) is 10.2 Å². The van der Waals surface area contributed by atoms with Gasteiger partial charge >= 0.3 is 11.7 Å². The van der Waals surface area contributed by atoms with Crippen molar-refractivity contribution in [2.75, 3.05) is 21.3 Å². The number of nitro groups is 1. The number of aromatic nitrogens is 2. The Balaban J connectivity index is 1.78. The van der Waals surface area contributed by atoms with Crippen molar-refractivity contribution in [2.45, 2.75) is 0 Å². The number of ether oxygens (including phenoxy) is 4. The van der Waals surface area contributed by atoms with Gasteiger partial charge in [0.05, 0.1) is 37.5 Å². The number of nitrogens with zero attached hydrogens (tertiary/aromatic N) is 3. The van der Waals surface area contributed by atoms with Gasteiger partial charge in [-0.3, -0.25) is 10.1 Å². The third-order valence-electron chi connectivity index (χ3n) is 4.13. The van der Waals surface area contributed by atoms with Crippen molar-refractivity contribution in [3.05, 3.63) is 64.2 Å². The summed E-state index contributed by atoms with van der Waals surface area (Å²) in [6, 6.07) is 12.1. The van der Waals surface area contributed by atoms with Gasteiger partial charge in [0.2, 0.25) is 5.88 Å². The molecule has 30 heavy (non-hydrogen) atoms. The first kappa shape index (κ1) is 20.5. The molecule has 0 radical (unpaired) electrons. The van der Waals surface area contributed by atoms with Crippen molar-refractivity contribution in [3.8, 4) is 34.4 Å². The summed E-state index contributed by atoms with van der Waals surface area (Å²) in [5, 5.41) is 19.0. The lowest BCUT2D eigenvalue weighted by molar-refractivity contribution is -0.385. The summed E-state index contributed by atoms with van der Waals surface area (Å²) < 4.78 is 20.5. The topological polar surface area (TPSA) is 123 Å². The molecule has 0 fully saturated rings. The molecular weight excluding hydrogens is 394 g/mol. The van der Waals surface area contributed by atoms with Crippen LogP contribution in [0.5, 0.6) is 23.1 Å². The number of carbonyl (C=O) groups is 1. The van der Waals surface area contributed by atoms with Crippen molar-refractivity contribution in [2.24, 2.45) is 0 Å². The molecule has 3 aromatic rings. The predicted molar refractivity (Wildman–Crippen MR) is 105 cm³/mol. The minimum Gasteiger partial charge on any atom is -0.493 e. The summed E-state index contributed by atoms with van der Waals surface area (Å²) in [6.07, 6.45) is 0. The second-order valence-electron chi connectivity index (χ2n) is 5.86. The number of methoxy groups -OCH3 is 3. The molecule has 10 heteroatoms. The fourth-order valence-corrected chi connectivity index (χ4v) is 2.64. The van der Waals surface area contributed by atoms with Crippen LogP contribution in [0.3, 0.4) is 0 Å². The second kappa shape index (κ2) is 8.86. The molecule has 0 bridgehead atoms. The number of esters is 1. The van der Waals surface area contributed by atoms with Gasteiger partial charge in [-0.25, -0.2) is 4.79 Å². The standard InChI is InChI=1S/C20H17N3O7/c1-27-16-7-5-13(10-15(16)23(25)26)20(24)30-19-9-6-14(21-22-19)12-4-8-17(28-2)18(11-12)29-3/h4-11H,1-3H3. The molecule has 154 valence electrons. The number of nitro benzene ring substituents is 1. The van der Waals surface area contributed by atoms with E-state index in [0.29, 0.717) is 17.2 Å². The molecule has 0 amide bonds. The van der Waals surface area contributed by atoms with Crippen molar-refractivity contribution in [1.82, 2.24) is 10.2 Å². The summed E-state index contributed by atoms with van der Waals surface area (Å²) in [6.45, 7) is 0. The molecular formula is C20H17N3O7. The van der Waals surface area contributed by atoms with E-state index >= 15 is 0 Å². The van der Waals surface area contributed by atoms with E-state index < -0.39 is 10.9 Å². The van der Waals surface area contributed by atoms with Gasteiger partial charge in [0.15, 0.2) is 17.2 Å². The number of hydrogen-bond acceptors (Lipinski definition) is 9.